The number of hydrogen-bond acceptors (Lipinski definition) is 4. The largest absolute Gasteiger partial charge is 0.497 e. The summed E-state index contributed by atoms with van der Waals surface area (Å²) in [6, 6.07) is 12.2. The van der Waals surface area contributed by atoms with Crippen molar-refractivity contribution in [3.63, 3.8) is 0 Å². The van der Waals surface area contributed by atoms with E-state index in [0.717, 1.165) is 29.0 Å². The van der Waals surface area contributed by atoms with Crippen LogP contribution in [0.4, 0.5) is 0 Å². The molecule has 2 aromatic carbocycles. The fourth-order valence-electron chi connectivity index (χ4n) is 3.17. The molecule has 26 heavy (non-hydrogen) atoms. The summed E-state index contributed by atoms with van der Waals surface area (Å²) in [7, 11) is 1.62. The minimum atomic E-state index is -0.515. The summed E-state index contributed by atoms with van der Waals surface area (Å²) >= 11 is 0. The molecule has 0 bridgehead atoms. The van der Waals surface area contributed by atoms with E-state index in [1.165, 1.54) is 0 Å². The lowest BCUT2D eigenvalue weighted by atomic mass is 9.85. The Labute approximate surface area is 152 Å². The average molecular weight is 350 g/mol. The van der Waals surface area contributed by atoms with Crippen LogP contribution in [0.15, 0.2) is 48.5 Å². The number of carbonyl (C=O) groups is 2. The van der Waals surface area contributed by atoms with Gasteiger partial charge in [-0.2, -0.15) is 0 Å². The third kappa shape index (κ3) is 3.61. The Morgan fingerprint density at radius 1 is 1.12 bits per heavy atom. The monoisotopic (exact) mass is 350 g/mol. The lowest BCUT2D eigenvalue weighted by Crippen LogP contribution is -2.43. The van der Waals surface area contributed by atoms with Crippen LogP contribution >= 0.6 is 0 Å². The Balaban J connectivity index is 1.99. The Morgan fingerprint density at radius 3 is 2.38 bits per heavy atom. The van der Waals surface area contributed by atoms with Gasteiger partial charge < -0.3 is 15.8 Å². The number of ketones is 1. The summed E-state index contributed by atoms with van der Waals surface area (Å²) in [5, 5.41) is 3.44. The summed E-state index contributed by atoms with van der Waals surface area (Å²) < 4.78 is 5.32. The van der Waals surface area contributed by atoms with Crippen LogP contribution in [0.5, 0.6) is 5.75 Å². The molecule has 1 aliphatic heterocycles. The molecular formula is C21H22N2O3. The maximum absolute atomic E-state index is 12.7. The molecular weight excluding hydrogens is 328 g/mol. The fraction of sp³-hybridized carbons (Fsp3) is 0.238. The van der Waals surface area contributed by atoms with Gasteiger partial charge in [0.2, 0.25) is 5.91 Å². The van der Waals surface area contributed by atoms with Crippen LogP contribution in [-0.2, 0) is 6.42 Å². The Hall–Kier alpha value is -3.08. The number of benzene rings is 2. The van der Waals surface area contributed by atoms with Gasteiger partial charge in [0.05, 0.1) is 7.11 Å². The Morgan fingerprint density at radius 2 is 1.77 bits per heavy atom. The molecule has 0 aliphatic carbocycles. The third-order valence-corrected chi connectivity index (χ3v) is 4.44. The van der Waals surface area contributed by atoms with Crippen LogP contribution in [0.3, 0.4) is 0 Å². The van der Waals surface area contributed by atoms with Gasteiger partial charge in [-0.05, 0) is 50.1 Å². The molecule has 0 fully saturated rings. The van der Waals surface area contributed by atoms with Crippen LogP contribution in [0.25, 0.3) is 5.70 Å². The predicted molar refractivity (Wildman–Crippen MR) is 101 cm³/mol. The summed E-state index contributed by atoms with van der Waals surface area (Å²) in [6.45, 7) is 4.19. The normalized spacial score (nSPS) is 16.5. The average Bonchev–Trinajstić information content (AvgIpc) is 2.60. The van der Waals surface area contributed by atoms with Crippen LogP contribution < -0.4 is 15.8 Å². The van der Waals surface area contributed by atoms with Crippen molar-refractivity contribution in [1.29, 1.82) is 0 Å². The number of allylic oxidation sites excluding steroid dienone is 1. The highest BCUT2D eigenvalue weighted by Gasteiger charge is 2.28. The van der Waals surface area contributed by atoms with E-state index < -0.39 is 5.91 Å². The number of carbonyl (C=O) groups excluding carboxylic acids is 2. The first-order valence-electron chi connectivity index (χ1n) is 8.40. The maximum Gasteiger partial charge on any atom is 0.248 e. The molecule has 0 radical (unpaired) electrons. The summed E-state index contributed by atoms with van der Waals surface area (Å²) in [5.41, 5.74) is 8.84. The Kier molecular flexibility index (Phi) is 4.55. The minimum absolute atomic E-state index is 0.144. The van der Waals surface area contributed by atoms with Gasteiger partial charge in [0.25, 0.3) is 0 Å². The second-order valence-electron chi connectivity index (χ2n) is 7.07. The van der Waals surface area contributed by atoms with E-state index in [-0.39, 0.29) is 11.3 Å². The van der Waals surface area contributed by atoms with Crippen molar-refractivity contribution in [2.24, 2.45) is 5.73 Å². The van der Waals surface area contributed by atoms with Gasteiger partial charge >= 0.3 is 0 Å². The quantitative estimate of drug-likeness (QED) is 0.656. The molecule has 5 heteroatoms. The van der Waals surface area contributed by atoms with Crippen molar-refractivity contribution >= 4 is 17.4 Å². The number of hydrogen-bond donors (Lipinski definition) is 2. The summed E-state index contributed by atoms with van der Waals surface area (Å²) in [5.74, 6) is 0.0866. The topological polar surface area (TPSA) is 81.4 Å². The summed E-state index contributed by atoms with van der Waals surface area (Å²) in [6.07, 6.45) is 2.45. The second-order valence-corrected chi connectivity index (χ2v) is 7.07. The van der Waals surface area contributed by atoms with Crippen molar-refractivity contribution < 1.29 is 14.3 Å². The van der Waals surface area contributed by atoms with E-state index in [9.17, 15) is 9.59 Å². The highest BCUT2D eigenvalue weighted by Crippen LogP contribution is 2.32. The van der Waals surface area contributed by atoms with Crippen molar-refractivity contribution in [3.8, 4) is 5.75 Å². The molecule has 2 aromatic rings. The molecule has 3 N–H and O–H groups in total. The molecule has 1 aliphatic rings. The molecule has 0 aromatic heterocycles. The first-order valence-corrected chi connectivity index (χ1v) is 8.40. The van der Waals surface area contributed by atoms with Crippen molar-refractivity contribution in [2.45, 2.75) is 25.8 Å². The van der Waals surface area contributed by atoms with E-state index in [0.29, 0.717) is 11.1 Å². The molecule has 0 spiro atoms. The van der Waals surface area contributed by atoms with Gasteiger partial charge in [-0.15, -0.1) is 0 Å². The number of amides is 1. The zero-order valence-corrected chi connectivity index (χ0v) is 15.1. The predicted octanol–water partition coefficient (Wildman–Crippen LogP) is 2.94. The molecule has 0 unspecified atom stereocenters. The molecule has 134 valence electrons. The summed E-state index contributed by atoms with van der Waals surface area (Å²) in [4.78, 5) is 23.9. The number of ether oxygens (including phenoxy) is 1. The van der Waals surface area contributed by atoms with E-state index in [1.807, 2.05) is 18.2 Å². The number of nitrogens with one attached hydrogen (secondary N) is 1. The third-order valence-electron chi connectivity index (χ3n) is 4.44. The molecule has 0 saturated heterocycles. The van der Waals surface area contributed by atoms with Gasteiger partial charge in [-0.3, -0.25) is 9.59 Å². The minimum Gasteiger partial charge on any atom is -0.497 e. The van der Waals surface area contributed by atoms with E-state index in [4.69, 9.17) is 10.5 Å². The molecule has 1 amide bonds. The van der Waals surface area contributed by atoms with Gasteiger partial charge in [-0.1, -0.05) is 18.2 Å². The van der Waals surface area contributed by atoms with Crippen molar-refractivity contribution in [1.82, 2.24) is 5.32 Å². The lowest BCUT2D eigenvalue weighted by molar-refractivity contribution is 0.0997. The highest BCUT2D eigenvalue weighted by atomic mass is 16.5. The van der Waals surface area contributed by atoms with Crippen molar-refractivity contribution in [3.05, 3.63) is 70.8 Å². The zero-order valence-electron chi connectivity index (χ0n) is 15.1. The highest BCUT2D eigenvalue weighted by molar-refractivity contribution is 6.09. The molecule has 0 atom stereocenters. The number of nitrogens with two attached hydrogens (primary N) is 1. The van der Waals surface area contributed by atoms with Crippen LogP contribution in [0.1, 0.15) is 45.7 Å². The van der Waals surface area contributed by atoms with E-state index in [1.54, 1.807) is 37.5 Å². The van der Waals surface area contributed by atoms with E-state index >= 15 is 0 Å². The Bertz CT molecular complexity index is 896. The molecule has 5 nitrogen and oxygen atoms in total. The van der Waals surface area contributed by atoms with Crippen LogP contribution in [0, 0.1) is 0 Å². The fourth-order valence-corrected chi connectivity index (χ4v) is 3.17. The number of rotatable bonds is 4. The van der Waals surface area contributed by atoms with Gasteiger partial charge in [0.1, 0.15) is 5.75 Å². The number of methoxy groups -OCH3 is 1. The van der Waals surface area contributed by atoms with Gasteiger partial charge in [0.15, 0.2) is 5.78 Å². The maximum atomic E-state index is 12.7. The lowest BCUT2D eigenvalue weighted by Gasteiger charge is -2.35. The smallest absolute Gasteiger partial charge is 0.248 e. The van der Waals surface area contributed by atoms with Gasteiger partial charge in [-0.25, -0.2) is 0 Å². The SMILES string of the molecule is COc1ccc2c(c1)C(=CC(=O)c1ccc(C(N)=O)cc1)NC(C)(C)C2. The second kappa shape index (κ2) is 6.67. The van der Waals surface area contributed by atoms with Crippen molar-refractivity contribution in [2.75, 3.05) is 7.11 Å². The zero-order chi connectivity index (χ0) is 18.9. The van der Waals surface area contributed by atoms with Crippen LogP contribution in [-0.4, -0.2) is 24.3 Å². The number of primary amides is 1. The number of fused-ring (bicyclic) bond motifs is 1. The van der Waals surface area contributed by atoms with E-state index in [2.05, 4.69) is 19.2 Å². The van der Waals surface area contributed by atoms with Crippen LogP contribution in [0.2, 0.25) is 0 Å². The molecule has 0 saturated carbocycles. The van der Waals surface area contributed by atoms with Gasteiger partial charge in [0, 0.05) is 34.0 Å². The first kappa shape index (κ1) is 17.7. The molecule has 3 rings (SSSR count). The molecule has 1 heterocycles. The standard InChI is InChI=1S/C21H22N2O3/c1-21(2)12-15-8-9-16(26-3)10-17(15)18(23-21)11-19(24)13-4-6-14(7-5-13)20(22)25/h4-11,23H,12H2,1-3H3,(H2,22,25). The first-order chi connectivity index (χ1) is 12.3.